The highest BCUT2D eigenvalue weighted by Crippen LogP contribution is 2.34. The second-order valence-electron chi connectivity index (χ2n) is 3.61. The Balaban J connectivity index is 2.03. The Morgan fingerprint density at radius 1 is 1.36 bits per heavy atom. The van der Waals surface area contributed by atoms with Gasteiger partial charge in [-0.3, -0.25) is 0 Å². The third-order valence-corrected chi connectivity index (χ3v) is 3.88. The average molecular weight is 212 g/mol. The lowest BCUT2D eigenvalue weighted by Crippen LogP contribution is -2.14. The summed E-state index contributed by atoms with van der Waals surface area (Å²) in [7, 11) is 0. The fraction of sp³-hybridized carbons (Fsp3) is 0.455. The zero-order chi connectivity index (χ0) is 9.97. The van der Waals surface area contributed by atoms with Crippen molar-refractivity contribution in [3.8, 4) is 0 Å². The highest BCUT2D eigenvalue weighted by molar-refractivity contribution is 8.00. The van der Waals surface area contributed by atoms with E-state index < -0.39 is 0 Å². The van der Waals surface area contributed by atoms with Crippen molar-refractivity contribution in [2.24, 2.45) is 0 Å². The van der Waals surface area contributed by atoms with Gasteiger partial charge in [-0.15, -0.1) is 11.8 Å². The molecule has 1 aliphatic carbocycles. The highest BCUT2D eigenvalue weighted by atomic mass is 32.2. The van der Waals surface area contributed by atoms with Gasteiger partial charge < -0.3 is 5.11 Å². The molecule has 1 aromatic carbocycles. The lowest BCUT2D eigenvalue weighted by Gasteiger charge is -2.13. The van der Waals surface area contributed by atoms with Gasteiger partial charge in [-0.25, -0.2) is 4.39 Å². The van der Waals surface area contributed by atoms with Gasteiger partial charge in [-0.1, -0.05) is 6.07 Å². The number of aliphatic hydroxyl groups is 1. The van der Waals surface area contributed by atoms with Gasteiger partial charge >= 0.3 is 0 Å². The first-order valence-electron chi connectivity index (χ1n) is 4.86. The van der Waals surface area contributed by atoms with Crippen molar-refractivity contribution in [3.05, 3.63) is 30.1 Å². The minimum Gasteiger partial charge on any atom is -0.392 e. The summed E-state index contributed by atoms with van der Waals surface area (Å²) in [6.07, 6.45) is 2.77. The molecule has 1 fully saturated rings. The summed E-state index contributed by atoms with van der Waals surface area (Å²) in [5, 5.41) is 9.85. The van der Waals surface area contributed by atoms with Crippen molar-refractivity contribution in [1.29, 1.82) is 0 Å². The van der Waals surface area contributed by atoms with E-state index in [1.807, 2.05) is 6.07 Å². The summed E-state index contributed by atoms with van der Waals surface area (Å²) in [6.45, 7) is 0. The molecule has 0 aliphatic heterocycles. The maximum absolute atomic E-state index is 12.9. The normalized spacial score (nSPS) is 26.7. The number of rotatable bonds is 2. The van der Waals surface area contributed by atoms with Crippen LogP contribution in [0.4, 0.5) is 4.39 Å². The largest absolute Gasteiger partial charge is 0.392 e. The Labute approximate surface area is 87.3 Å². The van der Waals surface area contributed by atoms with Gasteiger partial charge in [-0.05, 0) is 37.5 Å². The molecule has 0 radical (unpaired) electrons. The van der Waals surface area contributed by atoms with Crippen LogP contribution in [0.3, 0.4) is 0 Å². The van der Waals surface area contributed by atoms with Gasteiger partial charge in [0.1, 0.15) is 5.82 Å². The number of hydrogen-bond acceptors (Lipinski definition) is 2. The predicted octanol–water partition coefficient (Wildman–Crippen LogP) is 2.83. The maximum Gasteiger partial charge on any atom is 0.124 e. The van der Waals surface area contributed by atoms with E-state index in [9.17, 15) is 9.50 Å². The van der Waals surface area contributed by atoms with Gasteiger partial charge in [0.15, 0.2) is 0 Å². The van der Waals surface area contributed by atoms with Crippen LogP contribution < -0.4 is 0 Å². The first-order chi connectivity index (χ1) is 6.75. The molecular formula is C11H13FOS. The first-order valence-corrected chi connectivity index (χ1v) is 5.74. The highest BCUT2D eigenvalue weighted by Gasteiger charge is 2.25. The van der Waals surface area contributed by atoms with Crippen LogP contribution in [0.2, 0.25) is 0 Å². The van der Waals surface area contributed by atoms with Crippen molar-refractivity contribution >= 4 is 11.8 Å². The molecular weight excluding hydrogens is 199 g/mol. The summed E-state index contributed by atoms with van der Waals surface area (Å²) in [6, 6.07) is 6.56. The molecule has 0 saturated heterocycles. The zero-order valence-electron chi connectivity index (χ0n) is 7.82. The second-order valence-corrected chi connectivity index (χ2v) is 4.92. The van der Waals surface area contributed by atoms with Gasteiger partial charge in [0, 0.05) is 10.1 Å². The van der Waals surface area contributed by atoms with Crippen LogP contribution in [0.25, 0.3) is 0 Å². The smallest absolute Gasteiger partial charge is 0.124 e. The van der Waals surface area contributed by atoms with Crippen LogP contribution in [0.15, 0.2) is 29.2 Å². The minimum absolute atomic E-state index is 0.206. The Morgan fingerprint density at radius 2 is 2.21 bits per heavy atom. The summed E-state index contributed by atoms with van der Waals surface area (Å²) in [5.74, 6) is -0.206. The van der Waals surface area contributed by atoms with Crippen molar-refractivity contribution in [2.75, 3.05) is 0 Å². The van der Waals surface area contributed by atoms with E-state index in [1.165, 1.54) is 12.1 Å². The number of thioether (sulfide) groups is 1. The van der Waals surface area contributed by atoms with Crippen molar-refractivity contribution in [2.45, 2.75) is 35.5 Å². The molecule has 3 heteroatoms. The molecule has 2 atom stereocenters. The van der Waals surface area contributed by atoms with Crippen LogP contribution in [0.5, 0.6) is 0 Å². The minimum atomic E-state index is -0.219. The SMILES string of the molecule is OC1CCCC1Sc1cccc(F)c1. The van der Waals surface area contributed by atoms with Crippen LogP contribution in [-0.2, 0) is 0 Å². The second kappa shape index (κ2) is 4.32. The van der Waals surface area contributed by atoms with Crippen LogP contribution in [0, 0.1) is 5.82 Å². The number of benzene rings is 1. The predicted molar refractivity (Wildman–Crippen MR) is 55.9 cm³/mol. The molecule has 0 spiro atoms. The van der Waals surface area contributed by atoms with Crippen LogP contribution >= 0.6 is 11.8 Å². The van der Waals surface area contributed by atoms with E-state index in [0.717, 1.165) is 24.2 Å². The Bertz CT molecular complexity index is 316. The number of aliphatic hydroxyl groups excluding tert-OH is 1. The van der Waals surface area contributed by atoms with Crippen LogP contribution in [0.1, 0.15) is 19.3 Å². The fourth-order valence-electron chi connectivity index (χ4n) is 1.76. The Morgan fingerprint density at radius 3 is 2.86 bits per heavy atom. The number of hydrogen-bond donors (Lipinski definition) is 1. The van der Waals surface area contributed by atoms with Crippen molar-refractivity contribution < 1.29 is 9.50 Å². The van der Waals surface area contributed by atoms with E-state index >= 15 is 0 Å². The quantitative estimate of drug-likeness (QED) is 0.813. The molecule has 0 amide bonds. The maximum atomic E-state index is 12.9. The molecule has 0 heterocycles. The van der Waals surface area contributed by atoms with E-state index in [2.05, 4.69) is 0 Å². The molecule has 1 saturated carbocycles. The Kier molecular flexibility index (Phi) is 3.08. The lowest BCUT2D eigenvalue weighted by molar-refractivity contribution is 0.188. The molecule has 2 unspecified atom stereocenters. The zero-order valence-corrected chi connectivity index (χ0v) is 8.64. The third-order valence-electron chi connectivity index (χ3n) is 2.50. The lowest BCUT2D eigenvalue weighted by atomic mass is 10.3. The van der Waals surface area contributed by atoms with E-state index in [0.29, 0.717) is 0 Å². The fourth-order valence-corrected chi connectivity index (χ4v) is 3.02. The standard InChI is InChI=1S/C11H13FOS/c12-8-3-1-4-9(7-8)14-11-6-2-5-10(11)13/h1,3-4,7,10-11,13H,2,5-6H2. The van der Waals surface area contributed by atoms with Gasteiger partial charge in [0.25, 0.3) is 0 Å². The van der Waals surface area contributed by atoms with E-state index in [4.69, 9.17) is 0 Å². The topological polar surface area (TPSA) is 20.2 Å². The van der Waals surface area contributed by atoms with Crippen molar-refractivity contribution in [3.63, 3.8) is 0 Å². The molecule has 1 nitrogen and oxygen atoms in total. The monoisotopic (exact) mass is 212 g/mol. The molecule has 2 rings (SSSR count). The number of halogens is 1. The summed E-state index contributed by atoms with van der Waals surface area (Å²) in [5.41, 5.74) is 0. The summed E-state index contributed by atoms with van der Waals surface area (Å²) >= 11 is 1.58. The molecule has 76 valence electrons. The molecule has 0 aromatic heterocycles. The Hall–Kier alpha value is -0.540. The molecule has 1 aliphatic rings. The van der Waals surface area contributed by atoms with E-state index in [-0.39, 0.29) is 17.2 Å². The molecule has 1 aromatic rings. The summed E-state index contributed by atoms with van der Waals surface area (Å²) in [4.78, 5) is 0.913. The third kappa shape index (κ3) is 2.28. The molecule has 0 bridgehead atoms. The van der Waals surface area contributed by atoms with Gasteiger partial charge in [-0.2, -0.15) is 0 Å². The van der Waals surface area contributed by atoms with Crippen molar-refractivity contribution in [1.82, 2.24) is 0 Å². The first kappa shape index (κ1) is 9.99. The van der Waals surface area contributed by atoms with Gasteiger partial charge in [0.2, 0.25) is 0 Å². The molecule has 1 N–H and O–H groups in total. The summed E-state index contributed by atoms with van der Waals surface area (Å²) < 4.78 is 12.9. The van der Waals surface area contributed by atoms with E-state index in [1.54, 1.807) is 17.8 Å². The van der Waals surface area contributed by atoms with Gasteiger partial charge in [0.05, 0.1) is 6.10 Å². The molecule has 14 heavy (non-hydrogen) atoms. The average Bonchev–Trinajstić information content (AvgIpc) is 2.52. The van der Waals surface area contributed by atoms with Crippen LogP contribution in [-0.4, -0.2) is 16.5 Å².